The van der Waals surface area contributed by atoms with Crippen LogP contribution in [0.25, 0.3) is 0 Å². The molecule has 0 amide bonds. The second kappa shape index (κ2) is 2.64. The molecule has 0 bridgehead atoms. The first-order valence-electron chi connectivity index (χ1n) is 3.09. The molecule has 0 radical (unpaired) electrons. The van der Waals surface area contributed by atoms with Crippen LogP contribution in [-0.4, -0.2) is 17.3 Å². The average molecular weight is 138 g/mol. The first kappa shape index (κ1) is 6.99. The smallest absolute Gasteiger partial charge is 0.236 e. The molecule has 0 saturated carbocycles. The Hall–Kier alpha value is -1.12. The van der Waals surface area contributed by atoms with Gasteiger partial charge < -0.3 is 4.74 Å². The molecule has 0 atom stereocenters. The van der Waals surface area contributed by atoms with Gasteiger partial charge in [-0.2, -0.15) is 5.10 Å². The maximum Gasteiger partial charge on any atom is 0.236 e. The van der Waals surface area contributed by atoms with Gasteiger partial charge >= 0.3 is 0 Å². The summed E-state index contributed by atoms with van der Waals surface area (Å²) in [7, 11) is 1.59. The number of hydrogen-bond donors (Lipinski definition) is 0. The topological polar surface area (TPSA) is 35.0 Å². The van der Waals surface area contributed by atoms with Gasteiger partial charge in [-0.1, -0.05) is 0 Å². The minimum atomic E-state index is 0.602. The van der Waals surface area contributed by atoms with Gasteiger partial charge in [0.25, 0.3) is 0 Å². The molecule has 0 N–H and O–H groups in total. The molecule has 1 heterocycles. The lowest BCUT2D eigenvalue weighted by Crippen LogP contribution is -1.94. The van der Waals surface area contributed by atoms with Crippen LogP contribution in [0.2, 0.25) is 0 Å². The standard InChI is InChI=1S/C7H10N2O/c1-5-4-6(2)8-9-7(5)10-3/h4H,1-3H3. The molecular formula is C7H10N2O. The molecule has 0 aliphatic carbocycles. The molecular weight excluding hydrogens is 128 g/mol. The van der Waals surface area contributed by atoms with Crippen LogP contribution in [0.3, 0.4) is 0 Å². The Morgan fingerprint density at radius 2 is 2.00 bits per heavy atom. The van der Waals surface area contributed by atoms with E-state index >= 15 is 0 Å². The van der Waals surface area contributed by atoms with Crippen LogP contribution in [0, 0.1) is 13.8 Å². The predicted molar refractivity (Wildman–Crippen MR) is 38.1 cm³/mol. The highest BCUT2D eigenvalue weighted by Gasteiger charge is 1.98. The summed E-state index contributed by atoms with van der Waals surface area (Å²) < 4.78 is 4.93. The summed E-state index contributed by atoms with van der Waals surface area (Å²) in [5.41, 5.74) is 1.94. The quantitative estimate of drug-likeness (QED) is 0.583. The van der Waals surface area contributed by atoms with E-state index in [1.807, 2.05) is 19.9 Å². The summed E-state index contributed by atoms with van der Waals surface area (Å²) in [6, 6.07) is 1.94. The number of ether oxygens (including phenoxy) is 1. The number of hydrogen-bond acceptors (Lipinski definition) is 3. The summed E-state index contributed by atoms with van der Waals surface area (Å²) >= 11 is 0. The SMILES string of the molecule is COc1nnc(C)cc1C. The van der Waals surface area contributed by atoms with Crippen molar-refractivity contribution in [2.45, 2.75) is 13.8 Å². The molecule has 0 spiro atoms. The maximum absolute atomic E-state index is 4.93. The number of rotatable bonds is 1. The van der Waals surface area contributed by atoms with E-state index in [2.05, 4.69) is 10.2 Å². The number of nitrogens with zero attached hydrogens (tertiary/aromatic N) is 2. The van der Waals surface area contributed by atoms with Crippen molar-refractivity contribution in [3.8, 4) is 5.88 Å². The van der Waals surface area contributed by atoms with E-state index < -0.39 is 0 Å². The summed E-state index contributed by atoms with van der Waals surface area (Å²) in [5, 5.41) is 7.66. The lowest BCUT2D eigenvalue weighted by molar-refractivity contribution is 0.388. The highest BCUT2D eigenvalue weighted by atomic mass is 16.5. The zero-order valence-corrected chi connectivity index (χ0v) is 6.38. The Labute approximate surface area is 60.0 Å². The molecule has 0 unspecified atom stereocenters. The largest absolute Gasteiger partial charge is 0.480 e. The normalized spacial score (nSPS) is 9.50. The fourth-order valence-corrected chi connectivity index (χ4v) is 0.809. The molecule has 54 valence electrons. The van der Waals surface area contributed by atoms with Gasteiger partial charge in [0.1, 0.15) is 0 Å². The highest BCUT2D eigenvalue weighted by Crippen LogP contribution is 2.11. The first-order valence-corrected chi connectivity index (χ1v) is 3.09. The Morgan fingerprint density at radius 3 is 2.50 bits per heavy atom. The van der Waals surface area contributed by atoms with E-state index in [4.69, 9.17) is 4.74 Å². The lowest BCUT2D eigenvalue weighted by atomic mass is 10.3. The third-order valence-corrected chi connectivity index (χ3v) is 1.25. The lowest BCUT2D eigenvalue weighted by Gasteiger charge is -2.00. The van der Waals surface area contributed by atoms with Crippen molar-refractivity contribution in [2.24, 2.45) is 0 Å². The number of methoxy groups -OCH3 is 1. The van der Waals surface area contributed by atoms with Crippen LogP contribution >= 0.6 is 0 Å². The molecule has 0 fully saturated rings. The Kier molecular flexibility index (Phi) is 1.85. The second-order valence-corrected chi connectivity index (χ2v) is 2.18. The number of aromatic nitrogens is 2. The van der Waals surface area contributed by atoms with E-state index in [-0.39, 0.29) is 0 Å². The summed E-state index contributed by atoms with van der Waals surface area (Å²) in [6.45, 7) is 3.85. The summed E-state index contributed by atoms with van der Waals surface area (Å²) in [4.78, 5) is 0. The highest BCUT2D eigenvalue weighted by molar-refractivity contribution is 5.23. The second-order valence-electron chi connectivity index (χ2n) is 2.18. The van der Waals surface area contributed by atoms with Crippen molar-refractivity contribution >= 4 is 0 Å². The van der Waals surface area contributed by atoms with Crippen LogP contribution in [0.1, 0.15) is 11.3 Å². The molecule has 1 aromatic heterocycles. The van der Waals surface area contributed by atoms with Crippen molar-refractivity contribution in [3.63, 3.8) is 0 Å². The molecule has 0 aliphatic heterocycles. The molecule has 10 heavy (non-hydrogen) atoms. The molecule has 0 aliphatic rings. The Bertz CT molecular complexity index is 235. The first-order chi connectivity index (χ1) is 4.74. The van der Waals surface area contributed by atoms with Crippen LogP contribution in [0.15, 0.2) is 6.07 Å². The molecule has 0 aromatic carbocycles. The van der Waals surface area contributed by atoms with Crippen molar-refractivity contribution in [1.82, 2.24) is 10.2 Å². The fourth-order valence-electron chi connectivity index (χ4n) is 0.809. The van der Waals surface area contributed by atoms with Crippen LogP contribution in [0.5, 0.6) is 5.88 Å². The minimum Gasteiger partial charge on any atom is -0.480 e. The van der Waals surface area contributed by atoms with Gasteiger partial charge in [-0.3, -0.25) is 0 Å². The van der Waals surface area contributed by atoms with Gasteiger partial charge in [0.2, 0.25) is 5.88 Å². The Balaban J connectivity index is 3.07. The van der Waals surface area contributed by atoms with Crippen molar-refractivity contribution in [3.05, 3.63) is 17.3 Å². The number of aryl methyl sites for hydroxylation is 2. The zero-order chi connectivity index (χ0) is 7.56. The third kappa shape index (κ3) is 1.23. The van der Waals surface area contributed by atoms with Gasteiger partial charge in [-0.15, -0.1) is 5.10 Å². The van der Waals surface area contributed by atoms with E-state index in [1.165, 1.54) is 0 Å². The van der Waals surface area contributed by atoms with Gasteiger partial charge in [-0.25, -0.2) is 0 Å². The summed E-state index contributed by atoms with van der Waals surface area (Å²) in [6.07, 6.45) is 0. The van der Waals surface area contributed by atoms with Gasteiger partial charge in [0.05, 0.1) is 12.8 Å². The maximum atomic E-state index is 4.93. The average Bonchev–Trinajstić information content (AvgIpc) is 1.88. The molecule has 0 saturated heterocycles. The van der Waals surface area contributed by atoms with Crippen LogP contribution < -0.4 is 4.74 Å². The zero-order valence-electron chi connectivity index (χ0n) is 6.38. The van der Waals surface area contributed by atoms with Crippen molar-refractivity contribution in [1.29, 1.82) is 0 Å². The molecule has 3 nitrogen and oxygen atoms in total. The minimum absolute atomic E-state index is 0.602. The van der Waals surface area contributed by atoms with E-state index in [0.29, 0.717) is 5.88 Å². The molecule has 1 aromatic rings. The third-order valence-electron chi connectivity index (χ3n) is 1.25. The fraction of sp³-hybridized carbons (Fsp3) is 0.429. The van der Waals surface area contributed by atoms with Gasteiger partial charge in [-0.05, 0) is 19.9 Å². The van der Waals surface area contributed by atoms with Crippen LogP contribution in [0.4, 0.5) is 0 Å². The van der Waals surface area contributed by atoms with E-state index in [0.717, 1.165) is 11.3 Å². The van der Waals surface area contributed by atoms with E-state index in [1.54, 1.807) is 7.11 Å². The van der Waals surface area contributed by atoms with Gasteiger partial charge in [0.15, 0.2) is 0 Å². The Morgan fingerprint density at radius 1 is 1.30 bits per heavy atom. The monoisotopic (exact) mass is 138 g/mol. The van der Waals surface area contributed by atoms with Crippen molar-refractivity contribution in [2.75, 3.05) is 7.11 Å². The predicted octanol–water partition coefficient (Wildman–Crippen LogP) is 1.10. The van der Waals surface area contributed by atoms with Gasteiger partial charge in [0, 0.05) is 5.56 Å². The van der Waals surface area contributed by atoms with Crippen LogP contribution in [-0.2, 0) is 0 Å². The van der Waals surface area contributed by atoms with Crippen molar-refractivity contribution < 1.29 is 4.74 Å². The van der Waals surface area contributed by atoms with E-state index in [9.17, 15) is 0 Å². The summed E-state index contributed by atoms with van der Waals surface area (Å²) in [5.74, 6) is 0.602. The molecule has 3 heteroatoms. The molecule has 1 rings (SSSR count).